The highest BCUT2D eigenvalue weighted by molar-refractivity contribution is 7.22. The summed E-state index contributed by atoms with van der Waals surface area (Å²) in [5.41, 5.74) is 3.00. The minimum atomic E-state index is -0.861. The van der Waals surface area contributed by atoms with Gasteiger partial charge in [0.25, 0.3) is 0 Å². The molecule has 1 aliphatic rings. The molecule has 3 N–H and O–H groups in total. The topological polar surface area (TPSA) is 82.5 Å². The number of anilines is 2. The molecule has 174 valence electrons. The van der Waals surface area contributed by atoms with Crippen LogP contribution < -0.4 is 5.32 Å². The van der Waals surface area contributed by atoms with E-state index in [0.29, 0.717) is 39.3 Å². The van der Waals surface area contributed by atoms with Gasteiger partial charge in [0.2, 0.25) is 0 Å². The highest BCUT2D eigenvalue weighted by Gasteiger charge is 2.37. The first kappa shape index (κ1) is 22.4. The number of hydrogen-bond acceptors (Lipinski definition) is 5. The first-order valence-electron chi connectivity index (χ1n) is 11.0. The lowest BCUT2D eigenvalue weighted by Gasteiger charge is -2.22. The second-order valence-corrected chi connectivity index (χ2v) is 9.59. The van der Waals surface area contributed by atoms with Crippen LogP contribution in [0.1, 0.15) is 30.9 Å². The minimum Gasteiger partial charge on any atom is -0.481 e. The van der Waals surface area contributed by atoms with Crippen LogP contribution in [0, 0.1) is 23.5 Å². The second-order valence-electron chi connectivity index (χ2n) is 8.56. The Morgan fingerprint density at radius 3 is 2.53 bits per heavy atom. The predicted octanol–water partition coefficient (Wildman–Crippen LogP) is 6.52. The van der Waals surface area contributed by atoms with Gasteiger partial charge in [-0.1, -0.05) is 48.1 Å². The van der Waals surface area contributed by atoms with Crippen LogP contribution in [0.4, 0.5) is 19.6 Å². The molecule has 1 heterocycles. The Kier molecular flexibility index (Phi) is 6.02. The number of aliphatic hydroxyl groups excluding tert-OH is 1. The summed E-state index contributed by atoms with van der Waals surface area (Å²) in [5.74, 6) is -2.49. The van der Waals surface area contributed by atoms with E-state index in [1.165, 1.54) is 29.5 Å². The van der Waals surface area contributed by atoms with Gasteiger partial charge in [0, 0.05) is 5.92 Å². The zero-order valence-corrected chi connectivity index (χ0v) is 18.9. The fraction of sp³-hybridized carbons (Fsp3) is 0.231. The molecular weight excluding hydrogens is 458 g/mol. The lowest BCUT2D eigenvalue weighted by Crippen LogP contribution is -2.23. The SMILES string of the molecule is O=C(O)C1CCCC1C(O)c1ccc(-c2ccc(Nc3nc4ccc(F)cc4s3)c(F)c2)cc1. The highest BCUT2D eigenvalue weighted by atomic mass is 32.1. The third-order valence-corrected chi connectivity index (χ3v) is 7.37. The predicted molar refractivity (Wildman–Crippen MR) is 128 cm³/mol. The lowest BCUT2D eigenvalue weighted by molar-refractivity contribution is -0.144. The third kappa shape index (κ3) is 4.38. The van der Waals surface area contributed by atoms with Crippen LogP contribution >= 0.6 is 11.3 Å². The number of nitrogens with one attached hydrogen (secondary N) is 1. The summed E-state index contributed by atoms with van der Waals surface area (Å²) in [6, 6.07) is 16.3. The Balaban J connectivity index is 1.32. The van der Waals surface area contributed by atoms with E-state index >= 15 is 0 Å². The van der Waals surface area contributed by atoms with E-state index in [4.69, 9.17) is 0 Å². The van der Waals surface area contributed by atoms with Crippen molar-refractivity contribution in [3.63, 3.8) is 0 Å². The molecule has 1 fully saturated rings. The van der Waals surface area contributed by atoms with E-state index in [1.807, 2.05) is 0 Å². The molecule has 0 aliphatic heterocycles. The van der Waals surface area contributed by atoms with Crippen LogP contribution in [-0.2, 0) is 4.79 Å². The van der Waals surface area contributed by atoms with Crippen LogP contribution in [0.5, 0.6) is 0 Å². The number of aromatic nitrogens is 1. The number of aliphatic hydroxyl groups is 1. The van der Waals surface area contributed by atoms with Gasteiger partial charge in [0.15, 0.2) is 5.13 Å². The fourth-order valence-electron chi connectivity index (χ4n) is 4.66. The maximum Gasteiger partial charge on any atom is 0.306 e. The molecule has 0 saturated heterocycles. The van der Waals surface area contributed by atoms with Gasteiger partial charge < -0.3 is 15.5 Å². The summed E-state index contributed by atoms with van der Waals surface area (Å²) in [6.07, 6.45) is 1.22. The number of hydrogen-bond donors (Lipinski definition) is 3. The molecule has 4 aromatic rings. The number of carbonyl (C=O) groups is 1. The molecule has 0 bridgehead atoms. The van der Waals surface area contributed by atoms with Gasteiger partial charge in [-0.15, -0.1) is 0 Å². The van der Waals surface area contributed by atoms with Gasteiger partial charge >= 0.3 is 5.97 Å². The number of rotatable bonds is 6. The monoisotopic (exact) mass is 480 g/mol. The Morgan fingerprint density at radius 1 is 1.03 bits per heavy atom. The van der Waals surface area contributed by atoms with Crippen molar-refractivity contribution in [3.8, 4) is 11.1 Å². The Bertz CT molecular complexity index is 1360. The van der Waals surface area contributed by atoms with Gasteiger partial charge in [-0.2, -0.15) is 0 Å². The molecule has 3 unspecified atom stereocenters. The number of fused-ring (bicyclic) bond motifs is 1. The number of thiazole rings is 1. The number of benzene rings is 3. The molecule has 5 nitrogen and oxygen atoms in total. The third-order valence-electron chi connectivity index (χ3n) is 6.44. The van der Waals surface area contributed by atoms with E-state index in [0.717, 1.165) is 12.0 Å². The normalized spacial score (nSPS) is 18.8. The molecule has 3 aromatic carbocycles. The first-order chi connectivity index (χ1) is 16.4. The molecule has 0 spiro atoms. The van der Waals surface area contributed by atoms with Gasteiger partial charge in [-0.3, -0.25) is 4.79 Å². The quantitative estimate of drug-likeness (QED) is 0.293. The minimum absolute atomic E-state index is 0.260. The summed E-state index contributed by atoms with van der Waals surface area (Å²) in [5, 5.41) is 23.6. The van der Waals surface area contributed by atoms with Gasteiger partial charge in [0.1, 0.15) is 11.6 Å². The van der Waals surface area contributed by atoms with Crippen LogP contribution in [0.3, 0.4) is 0 Å². The van der Waals surface area contributed by atoms with Crippen LogP contribution in [0.15, 0.2) is 60.7 Å². The van der Waals surface area contributed by atoms with Gasteiger partial charge in [-0.05, 0) is 59.9 Å². The summed E-state index contributed by atoms with van der Waals surface area (Å²) < 4.78 is 28.9. The van der Waals surface area contributed by atoms with Crippen LogP contribution in [0.25, 0.3) is 21.3 Å². The molecule has 5 rings (SSSR count). The smallest absolute Gasteiger partial charge is 0.306 e. The molecule has 1 saturated carbocycles. The Morgan fingerprint density at radius 2 is 1.79 bits per heavy atom. The Labute approximate surface area is 198 Å². The fourth-order valence-corrected chi connectivity index (χ4v) is 5.56. The summed E-state index contributed by atoms with van der Waals surface area (Å²) >= 11 is 1.24. The zero-order valence-electron chi connectivity index (χ0n) is 18.0. The van der Waals surface area contributed by atoms with Crippen molar-refractivity contribution >= 4 is 38.3 Å². The summed E-state index contributed by atoms with van der Waals surface area (Å²) in [7, 11) is 0. The molecule has 34 heavy (non-hydrogen) atoms. The van der Waals surface area contributed by atoms with Gasteiger partial charge in [-0.25, -0.2) is 13.8 Å². The van der Waals surface area contributed by atoms with Crippen molar-refractivity contribution in [1.29, 1.82) is 0 Å². The van der Waals surface area contributed by atoms with E-state index in [9.17, 15) is 23.8 Å². The van der Waals surface area contributed by atoms with Gasteiger partial charge in [0.05, 0.1) is 27.9 Å². The average molecular weight is 481 g/mol. The summed E-state index contributed by atoms with van der Waals surface area (Å²) in [4.78, 5) is 15.8. The molecule has 0 amide bonds. The zero-order chi connectivity index (χ0) is 23.8. The number of halogens is 2. The van der Waals surface area contributed by atoms with Crippen LogP contribution in [0.2, 0.25) is 0 Å². The van der Waals surface area contributed by atoms with Crippen molar-refractivity contribution in [2.24, 2.45) is 11.8 Å². The molecule has 8 heteroatoms. The van der Waals surface area contributed by atoms with E-state index in [1.54, 1.807) is 42.5 Å². The van der Waals surface area contributed by atoms with Crippen LogP contribution in [-0.4, -0.2) is 21.2 Å². The van der Waals surface area contributed by atoms with Crippen molar-refractivity contribution in [2.75, 3.05) is 5.32 Å². The second kappa shape index (κ2) is 9.12. The number of carboxylic acids is 1. The van der Waals surface area contributed by atoms with Crippen molar-refractivity contribution in [1.82, 2.24) is 4.98 Å². The molecule has 3 atom stereocenters. The highest BCUT2D eigenvalue weighted by Crippen LogP contribution is 2.41. The van der Waals surface area contributed by atoms with E-state index < -0.39 is 23.8 Å². The molecule has 1 aliphatic carbocycles. The Hall–Kier alpha value is -3.36. The standard InChI is InChI=1S/C26H22F2N2O3S/c27-17-9-11-22-23(13-17)34-26(30-22)29-21-10-8-16(12-20(21)28)14-4-6-15(7-5-14)24(31)18-2-1-3-19(18)25(32)33/h4-13,18-19,24,31H,1-3H2,(H,29,30)(H,32,33). The first-order valence-corrected chi connectivity index (χ1v) is 11.8. The molecular formula is C26H22F2N2O3S. The number of carboxylic acid groups (broad SMARTS) is 1. The maximum atomic E-state index is 14.8. The molecule has 0 radical (unpaired) electrons. The largest absolute Gasteiger partial charge is 0.481 e. The van der Waals surface area contributed by atoms with Crippen molar-refractivity contribution in [3.05, 3.63) is 77.9 Å². The number of nitrogens with zero attached hydrogens (tertiary/aromatic N) is 1. The lowest BCUT2D eigenvalue weighted by atomic mass is 9.86. The average Bonchev–Trinajstić information content (AvgIpc) is 3.47. The number of aliphatic carboxylic acids is 1. The van der Waals surface area contributed by atoms with Crippen molar-refractivity contribution < 1.29 is 23.8 Å². The summed E-state index contributed by atoms with van der Waals surface area (Å²) in [6.45, 7) is 0. The van der Waals surface area contributed by atoms with Crippen molar-refractivity contribution in [2.45, 2.75) is 25.4 Å². The van der Waals surface area contributed by atoms with E-state index in [2.05, 4.69) is 10.3 Å². The maximum absolute atomic E-state index is 14.8. The molecule has 1 aromatic heterocycles. The van der Waals surface area contributed by atoms with E-state index in [-0.39, 0.29) is 17.4 Å².